The zero-order valence-corrected chi connectivity index (χ0v) is 12.7. The number of carbonyl (C=O) groups is 2. The van der Waals surface area contributed by atoms with Gasteiger partial charge in [0.2, 0.25) is 0 Å². The Kier molecular flexibility index (Phi) is 6.78. The molecule has 0 unspecified atom stereocenters. The quantitative estimate of drug-likeness (QED) is 0.580. The normalized spacial score (nSPS) is 8.47. The predicted molar refractivity (Wildman–Crippen MR) is 51.1 cm³/mol. The Balaban J connectivity index is 0.000000284. The number of hydrogen-bond acceptors (Lipinski definition) is 4. The third-order valence-electron chi connectivity index (χ3n) is 1.46. The predicted octanol–water partition coefficient (Wildman–Crippen LogP) is 0.213. The summed E-state index contributed by atoms with van der Waals surface area (Å²) >= 11 is 0. The fourth-order valence-electron chi connectivity index (χ4n) is 0.750. The molecule has 0 saturated heterocycles. The van der Waals surface area contributed by atoms with Gasteiger partial charge in [0, 0.05) is 39.7 Å². The number of rotatable bonds is 2. The average Bonchev–Trinajstić information content (AvgIpc) is 2.93. The summed E-state index contributed by atoms with van der Waals surface area (Å²) in [4.78, 5) is 20.0. The van der Waals surface area contributed by atoms with Crippen LogP contribution in [0.4, 0.5) is 0 Å². The number of aromatic amines is 2. The van der Waals surface area contributed by atoms with Gasteiger partial charge in [-0.3, -0.25) is 10.2 Å². The van der Waals surface area contributed by atoms with Crippen molar-refractivity contribution in [3.8, 4) is 0 Å². The van der Waals surface area contributed by atoms with E-state index in [-0.39, 0.29) is 38.7 Å². The summed E-state index contributed by atoms with van der Waals surface area (Å²) in [5.74, 6) is -1.97. The van der Waals surface area contributed by atoms with Gasteiger partial charge in [-0.2, -0.15) is 10.2 Å². The van der Waals surface area contributed by atoms with E-state index < -0.39 is 11.9 Å². The summed E-state index contributed by atoms with van der Waals surface area (Å²) in [5.41, 5.74) is 0.231. The molecule has 2 aromatic heterocycles. The molecule has 0 amide bonds. The number of carboxylic acid groups (broad SMARTS) is 2. The van der Waals surface area contributed by atoms with Crippen molar-refractivity contribution in [2.24, 2.45) is 0 Å². The third kappa shape index (κ3) is 5.24. The molecular formula is C8H8CdN4O4. The van der Waals surface area contributed by atoms with E-state index in [4.69, 9.17) is 10.2 Å². The van der Waals surface area contributed by atoms with E-state index in [0.717, 1.165) is 0 Å². The largest absolute Gasteiger partial charge is 0.477 e. The molecule has 0 spiro atoms. The summed E-state index contributed by atoms with van der Waals surface area (Å²) in [6, 6.07) is 2.78. The van der Waals surface area contributed by atoms with Gasteiger partial charge < -0.3 is 10.2 Å². The van der Waals surface area contributed by atoms with Crippen LogP contribution < -0.4 is 0 Å². The van der Waals surface area contributed by atoms with Crippen molar-refractivity contribution >= 4 is 11.9 Å². The van der Waals surface area contributed by atoms with Gasteiger partial charge in [0.1, 0.15) is 11.4 Å². The van der Waals surface area contributed by atoms with Crippen LogP contribution in [0.3, 0.4) is 0 Å². The molecule has 8 nitrogen and oxygen atoms in total. The molecule has 17 heavy (non-hydrogen) atoms. The SMILES string of the molecule is O=C(O)c1ccn[nH]1.O=C(O)c1ccn[nH]1.[Cd]. The Labute approximate surface area is 115 Å². The molecule has 0 aliphatic heterocycles. The first kappa shape index (κ1) is 15.3. The van der Waals surface area contributed by atoms with E-state index in [2.05, 4.69) is 20.4 Å². The maximum absolute atomic E-state index is 9.99. The maximum atomic E-state index is 9.99. The van der Waals surface area contributed by atoms with Crippen LogP contribution in [-0.4, -0.2) is 42.5 Å². The zero-order chi connectivity index (χ0) is 12.0. The van der Waals surface area contributed by atoms with Crippen molar-refractivity contribution in [3.63, 3.8) is 0 Å². The van der Waals surface area contributed by atoms with Crippen LogP contribution in [-0.2, 0) is 27.3 Å². The minimum atomic E-state index is -0.984. The Morgan fingerprint density at radius 3 is 1.41 bits per heavy atom. The first-order valence-corrected chi connectivity index (χ1v) is 4.06. The summed E-state index contributed by atoms with van der Waals surface area (Å²) in [7, 11) is 0. The third-order valence-corrected chi connectivity index (χ3v) is 1.46. The maximum Gasteiger partial charge on any atom is 0.353 e. The summed E-state index contributed by atoms with van der Waals surface area (Å²) in [6.45, 7) is 0. The summed E-state index contributed by atoms with van der Waals surface area (Å²) in [6.07, 6.45) is 2.78. The van der Waals surface area contributed by atoms with E-state index in [9.17, 15) is 9.59 Å². The molecule has 0 saturated carbocycles. The molecule has 0 aliphatic rings. The smallest absolute Gasteiger partial charge is 0.353 e. The summed E-state index contributed by atoms with van der Waals surface area (Å²) < 4.78 is 0. The number of aromatic carboxylic acids is 2. The van der Waals surface area contributed by atoms with Crippen LogP contribution in [0.15, 0.2) is 24.5 Å². The van der Waals surface area contributed by atoms with Crippen molar-refractivity contribution in [2.75, 3.05) is 0 Å². The van der Waals surface area contributed by atoms with Crippen LogP contribution in [0.25, 0.3) is 0 Å². The molecule has 2 aromatic rings. The van der Waals surface area contributed by atoms with E-state index in [1.165, 1.54) is 24.5 Å². The van der Waals surface area contributed by atoms with E-state index >= 15 is 0 Å². The van der Waals surface area contributed by atoms with Gasteiger partial charge in [-0.1, -0.05) is 0 Å². The van der Waals surface area contributed by atoms with Gasteiger partial charge in [-0.15, -0.1) is 0 Å². The van der Waals surface area contributed by atoms with Crippen molar-refractivity contribution in [2.45, 2.75) is 0 Å². The number of nitrogens with one attached hydrogen (secondary N) is 2. The Morgan fingerprint density at radius 2 is 1.29 bits per heavy atom. The molecule has 0 bridgehead atoms. The molecule has 0 fully saturated rings. The summed E-state index contributed by atoms with van der Waals surface area (Å²) in [5, 5.41) is 27.9. The van der Waals surface area contributed by atoms with Crippen LogP contribution in [0.2, 0.25) is 0 Å². The van der Waals surface area contributed by atoms with Crippen molar-refractivity contribution in [1.82, 2.24) is 20.4 Å². The fraction of sp³-hybridized carbons (Fsp3) is 0. The molecule has 0 aromatic carbocycles. The Morgan fingerprint density at radius 1 is 0.941 bits per heavy atom. The number of nitrogens with zero attached hydrogens (tertiary/aromatic N) is 2. The Hall–Kier alpha value is -1.72. The van der Waals surface area contributed by atoms with Gasteiger partial charge in [0.25, 0.3) is 0 Å². The molecule has 2 rings (SSSR count). The number of hydrogen-bond donors (Lipinski definition) is 4. The van der Waals surface area contributed by atoms with Crippen molar-refractivity contribution in [3.05, 3.63) is 35.9 Å². The first-order chi connectivity index (χ1) is 7.61. The average molecular weight is 337 g/mol. The molecular weight excluding hydrogens is 329 g/mol. The number of aromatic nitrogens is 4. The van der Waals surface area contributed by atoms with E-state index in [0.29, 0.717) is 0 Å². The van der Waals surface area contributed by atoms with E-state index in [1.807, 2.05) is 0 Å². The molecule has 0 atom stereocenters. The molecule has 0 aliphatic carbocycles. The standard InChI is InChI=1S/2C4H4N2O2.Cd/c2*7-4(8)3-1-2-5-6-3;/h2*1-2H,(H,5,6)(H,7,8);. The molecule has 86 valence electrons. The second kappa shape index (κ2) is 7.54. The zero-order valence-electron chi connectivity index (χ0n) is 8.62. The van der Waals surface area contributed by atoms with Crippen LogP contribution in [0.5, 0.6) is 0 Å². The monoisotopic (exact) mass is 338 g/mol. The topological polar surface area (TPSA) is 132 Å². The fourth-order valence-corrected chi connectivity index (χ4v) is 0.750. The van der Waals surface area contributed by atoms with Gasteiger partial charge >= 0.3 is 11.9 Å². The molecule has 4 N–H and O–H groups in total. The van der Waals surface area contributed by atoms with Crippen molar-refractivity contribution < 1.29 is 47.1 Å². The van der Waals surface area contributed by atoms with E-state index in [1.54, 1.807) is 0 Å². The van der Waals surface area contributed by atoms with Crippen LogP contribution in [0.1, 0.15) is 21.0 Å². The minimum absolute atomic E-state index is 0. The second-order valence-corrected chi connectivity index (χ2v) is 2.55. The molecule has 9 heteroatoms. The second-order valence-electron chi connectivity index (χ2n) is 2.55. The minimum Gasteiger partial charge on any atom is -0.477 e. The van der Waals surface area contributed by atoms with Gasteiger partial charge in [-0.25, -0.2) is 9.59 Å². The molecule has 2 heterocycles. The van der Waals surface area contributed by atoms with Crippen molar-refractivity contribution in [1.29, 1.82) is 0 Å². The van der Waals surface area contributed by atoms with Gasteiger partial charge in [-0.05, 0) is 12.1 Å². The number of H-pyrrole nitrogens is 2. The van der Waals surface area contributed by atoms with Crippen LogP contribution in [0, 0.1) is 0 Å². The Bertz CT molecular complexity index is 410. The first-order valence-electron chi connectivity index (χ1n) is 4.06. The number of carboxylic acids is 2. The van der Waals surface area contributed by atoms with Crippen LogP contribution >= 0.6 is 0 Å². The molecule has 0 radical (unpaired) electrons. The van der Waals surface area contributed by atoms with Gasteiger partial charge in [0.05, 0.1) is 0 Å². The van der Waals surface area contributed by atoms with Gasteiger partial charge in [0.15, 0.2) is 0 Å².